The number of nitrogens with zero attached hydrogens (tertiary/aromatic N) is 2. The highest BCUT2D eigenvalue weighted by Gasteiger charge is 2.61. The van der Waals surface area contributed by atoms with E-state index in [1.807, 2.05) is 18.7 Å². The Hall–Kier alpha value is -1.71. The average molecular weight is 343 g/mol. The van der Waals surface area contributed by atoms with Gasteiger partial charge in [-0.2, -0.15) is 0 Å². The minimum atomic E-state index is -4.16. The first kappa shape index (κ1) is 17.6. The first-order valence-corrected chi connectivity index (χ1v) is 8.70. The molecule has 0 radical (unpaired) electrons. The van der Waals surface area contributed by atoms with Crippen LogP contribution in [0.3, 0.4) is 0 Å². The van der Waals surface area contributed by atoms with Gasteiger partial charge in [0.2, 0.25) is 0 Å². The molecule has 128 valence electrons. The van der Waals surface area contributed by atoms with Gasteiger partial charge in [-0.05, 0) is 37.8 Å². The number of rotatable bonds is 6. The second-order valence-electron chi connectivity index (χ2n) is 6.58. The van der Waals surface area contributed by atoms with Crippen LogP contribution >= 0.6 is 0 Å². The first-order valence-electron chi connectivity index (χ1n) is 7.22. The number of hydrogen-bond donors (Lipinski definition) is 2. The van der Waals surface area contributed by atoms with E-state index in [-0.39, 0.29) is 21.5 Å². The topological polar surface area (TPSA) is 113 Å². The van der Waals surface area contributed by atoms with Crippen LogP contribution in [0, 0.1) is 15.5 Å². The van der Waals surface area contributed by atoms with Gasteiger partial charge in [0.15, 0.2) is 0 Å². The van der Waals surface area contributed by atoms with E-state index in [2.05, 4.69) is 13.8 Å². The summed E-state index contributed by atoms with van der Waals surface area (Å²) >= 11 is 0. The van der Waals surface area contributed by atoms with Crippen LogP contribution in [0.1, 0.15) is 34.1 Å². The molecule has 2 N–H and O–H groups in total. The standard InChI is InChI=1S/C14H21N3O5S/c1-5-16(14(4)9-13(14,2)3)11-7-6-10(23(21,22)15-18)8-12(11)17(19)20/h6-8,15,18H,5,9H2,1-4H3. The smallest absolute Gasteiger partial charge is 0.293 e. The quantitative estimate of drug-likeness (QED) is 0.605. The van der Waals surface area contributed by atoms with Gasteiger partial charge in [-0.1, -0.05) is 18.7 Å². The van der Waals surface area contributed by atoms with E-state index < -0.39 is 14.9 Å². The van der Waals surface area contributed by atoms with Gasteiger partial charge in [-0.3, -0.25) is 10.1 Å². The fraction of sp³-hybridized carbons (Fsp3) is 0.571. The Morgan fingerprint density at radius 3 is 2.35 bits per heavy atom. The summed E-state index contributed by atoms with van der Waals surface area (Å²) in [5.41, 5.74) is -0.120. The predicted molar refractivity (Wildman–Crippen MR) is 85.0 cm³/mol. The highest BCUT2D eigenvalue weighted by atomic mass is 32.2. The minimum absolute atomic E-state index is 0.0221. The maximum Gasteiger partial charge on any atom is 0.293 e. The number of nitrogens with one attached hydrogen (secondary N) is 1. The molecule has 1 aromatic rings. The van der Waals surface area contributed by atoms with E-state index in [9.17, 15) is 18.5 Å². The zero-order valence-corrected chi connectivity index (χ0v) is 14.3. The van der Waals surface area contributed by atoms with Crippen LogP contribution in [0.2, 0.25) is 0 Å². The van der Waals surface area contributed by atoms with Crippen molar-refractivity contribution in [3.05, 3.63) is 28.3 Å². The number of nitro groups is 1. The van der Waals surface area contributed by atoms with Crippen LogP contribution in [0.5, 0.6) is 0 Å². The molecule has 1 atom stereocenters. The molecule has 0 aliphatic heterocycles. The lowest BCUT2D eigenvalue weighted by molar-refractivity contribution is -0.384. The molecule has 1 aromatic carbocycles. The number of sulfonamides is 1. The van der Waals surface area contributed by atoms with Gasteiger partial charge in [0.05, 0.1) is 9.82 Å². The van der Waals surface area contributed by atoms with Gasteiger partial charge in [0.1, 0.15) is 5.69 Å². The van der Waals surface area contributed by atoms with Gasteiger partial charge in [-0.25, -0.2) is 8.42 Å². The van der Waals surface area contributed by atoms with Gasteiger partial charge < -0.3 is 10.1 Å². The summed E-state index contributed by atoms with van der Waals surface area (Å²) in [4.78, 5) is 13.6. The Bertz CT molecular complexity index is 747. The Morgan fingerprint density at radius 1 is 1.39 bits per heavy atom. The Labute approximate surface area is 135 Å². The molecule has 1 unspecified atom stereocenters. The largest absolute Gasteiger partial charge is 0.360 e. The molecule has 2 rings (SSSR count). The zero-order valence-electron chi connectivity index (χ0n) is 13.5. The third kappa shape index (κ3) is 2.79. The molecule has 0 saturated heterocycles. The van der Waals surface area contributed by atoms with Crippen molar-refractivity contribution in [3.8, 4) is 0 Å². The molecule has 0 amide bonds. The molecule has 0 heterocycles. The summed E-state index contributed by atoms with van der Waals surface area (Å²) in [7, 11) is -4.16. The summed E-state index contributed by atoms with van der Waals surface area (Å²) in [5, 5.41) is 20.1. The van der Waals surface area contributed by atoms with E-state index >= 15 is 0 Å². The molecule has 0 aromatic heterocycles. The van der Waals surface area contributed by atoms with E-state index in [0.29, 0.717) is 12.2 Å². The molecular weight excluding hydrogens is 322 g/mol. The van der Waals surface area contributed by atoms with Crippen LogP contribution in [0.15, 0.2) is 23.1 Å². The molecule has 1 aliphatic carbocycles. The summed E-state index contributed by atoms with van der Waals surface area (Å²) < 4.78 is 23.3. The van der Waals surface area contributed by atoms with Crippen molar-refractivity contribution < 1.29 is 18.5 Å². The molecular formula is C14H21N3O5S. The molecule has 1 saturated carbocycles. The summed E-state index contributed by atoms with van der Waals surface area (Å²) in [5.74, 6) is 0. The van der Waals surface area contributed by atoms with E-state index in [0.717, 1.165) is 12.5 Å². The highest BCUT2D eigenvalue weighted by Crippen LogP contribution is 2.60. The second kappa shape index (κ2) is 5.43. The molecule has 8 nitrogen and oxygen atoms in total. The highest BCUT2D eigenvalue weighted by molar-refractivity contribution is 7.89. The van der Waals surface area contributed by atoms with Crippen LogP contribution in [0.25, 0.3) is 0 Å². The van der Waals surface area contributed by atoms with Crippen LogP contribution in [-0.4, -0.2) is 30.6 Å². The maximum absolute atomic E-state index is 11.6. The summed E-state index contributed by atoms with van der Waals surface area (Å²) in [6.45, 7) is 8.70. The Kier molecular flexibility index (Phi) is 4.16. The van der Waals surface area contributed by atoms with Crippen molar-refractivity contribution in [2.45, 2.75) is 44.6 Å². The summed E-state index contributed by atoms with van der Waals surface area (Å²) in [6.07, 6.45) is 0.892. The number of benzene rings is 1. The van der Waals surface area contributed by atoms with Gasteiger partial charge in [0, 0.05) is 18.2 Å². The van der Waals surface area contributed by atoms with Crippen LogP contribution in [-0.2, 0) is 10.0 Å². The number of nitro benzene ring substituents is 1. The lowest BCUT2D eigenvalue weighted by Crippen LogP contribution is -2.39. The Balaban J connectivity index is 2.57. The molecule has 9 heteroatoms. The lowest BCUT2D eigenvalue weighted by atomic mass is 10.0. The zero-order chi connectivity index (χ0) is 17.6. The SMILES string of the molecule is CCN(c1ccc(S(=O)(=O)NO)cc1[N+](=O)[O-])C1(C)CC1(C)C. The Morgan fingerprint density at radius 2 is 1.96 bits per heavy atom. The van der Waals surface area contributed by atoms with Crippen LogP contribution in [0.4, 0.5) is 11.4 Å². The van der Waals surface area contributed by atoms with E-state index in [4.69, 9.17) is 5.21 Å². The monoisotopic (exact) mass is 343 g/mol. The molecule has 0 spiro atoms. The fourth-order valence-corrected chi connectivity index (χ4v) is 3.78. The molecule has 23 heavy (non-hydrogen) atoms. The van der Waals surface area contributed by atoms with Crippen molar-refractivity contribution in [1.82, 2.24) is 4.89 Å². The predicted octanol–water partition coefficient (Wildman–Crippen LogP) is 2.28. The second-order valence-corrected chi connectivity index (χ2v) is 8.24. The lowest BCUT2D eigenvalue weighted by Gasteiger charge is -2.33. The van der Waals surface area contributed by atoms with Gasteiger partial charge >= 0.3 is 0 Å². The molecule has 1 aliphatic rings. The van der Waals surface area contributed by atoms with Crippen LogP contribution < -0.4 is 9.79 Å². The van der Waals surface area contributed by atoms with Crippen molar-refractivity contribution in [2.75, 3.05) is 11.4 Å². The molecule has 0 bridgehead atoms. The maximum atomic E-state index is 11.6. The minimum Gasteiger partial charge on any atom is -0.360 e. The van der Waals surface area contributed by atoms with Crippen molar-refractivity contribution >= 4 is 21.4 Å². The first-order chi connectivity index (χ1) is 10.5. The third-order valence-corrected chi connectivity index (χ3v) is 6.01. The normalized spacial score (nSPS) is 22.7. The molecule has 1 fully saturated rings. The van der Waals surface area contributed by atoms with Crippen molar-refractivity contribution in [1.29, 1.82) is 0 Å². The third-order valence-electron chi connectivity index (χ3n) is 4.90. The van der Waals surface area contributed by atoms with E-state index in [1.165, 1.54) is 17.0 Å². The average Bonchev–Trinajstić information content (AvgIpc) is 2.98. The number of anilines is 1. The summed E-state index contributed by atoms with van der Waals surface area (Å²) in [6, 6.07) is 3.64. The fourth-order valence-electron chi connectivity index (χ4n) is 3.16. The van der Waals surface area contributed by atoms with Crippen molar-refractivity contribution in [2.24, 2.45) is 5.41 Å². The number of hydrogen-bond acceptors (Lipinski definition) is 6. The van der Waals surface area contributed by atoms with E-state index in [1.54, 1.807) is 0 Å². The van der Waals surface area contributed by atoms with Gasteiger partial charge in [-0.15, -0.1) is 0 Å². The van der Waals surface area contributed by atoms with Gasteiger partial charge in [0.25, 0.3) is 15.7 Å². The van der Waals surface area contributed by atoms with Crippen molar-refractivity contribution in [3.63, 3.8) is 0 Å².